The summed E-state index contributed by atoms with van der Waals surface area (Å²) in [5.74, 6) is 0.214. The van der Waals surface area contributed by atoms with Gasteiger partial charge in [0.05, 0.1) is 11.5 Å². The fraction of sp³-hybridized carbons (Fsp3) is 0.312. The predicted molar refractivity (Wildman–Crippen MR) is 93.4 cm³/mol. The summed E-state index contributed by atoms with van der Waals surface area (Å²) in [7, 11) is -2.93. The van der Waals surface area contributed by atoms with E-state index in [0.717, 1.165) is 4.90 Å². The Kier molecular flexibility index (Phi) is 5.22. The Morgan fingerprint density at radius 3 is 2.67 bits per heavy atom. The first-order valence-corrected chi connectivity index (χ1v) is 10.4. The van der Waals surface area contributed by atoms with Crippen molar-refractivity contribution in [2.75, 3.05) is 18.1 Å². The molecule has 2 aromatic rings. The quantitative estimate of drug-likeness (QED) is 0.854. The lowest BCUT2D eigenvalue weighted by Gasteiger charge is -2.08. The van der Waals surface area contributed by atoms with Gasteiger partial charge >= 0.3 is 0 Å². The highest BCUT2D eigenvalue weighted by atomic mass is 35.5. The molecular weight excluding hydrogens is 370 g/mol. The number of sulfone groups is 1. The van der Waals surface area contributed by atoms with Gasteiger partial charge in [0.15, 0.2) is 20.7 Å². The van der Waals surface area contributed by atoms with Crippen molar-refractivity contribution in [1.29, 1.82) is 0 Å². The van der Waals surface area contributed by atoms with Gasteiger partial charge in [-0.1, -0.05) is 23.4 Å². The lowest BCUT2D eigenvalue weighted by Crippen LogP contribution is -2.29. The zero-order valence-electron chi connectivity index (χ0n) is 12.7. The minimum atomic E-state index is -2.93. The molecule has 0 spiro atoms. The molecule has 8 heteroatoms. The maximum absolute atomic E-state index is 12.1. The van der Waals surface area contributed by atoms with Crippen molar-refractivity contribution in [3.05, 3.63) is 47.2 Å². The third-order valence-corrected chi connectivity index (χ3v) is 6.73. The minimum absolute atomic E-state index is 0.0168. The van der Waals surface area contributed by atoms with Crippen LogP contribution in [0, 0.1) is 5.92 Å². The van der Waals surface area contributed by atoms with Crippen LogP contribution < -0.4 is 5.32 Å². The van der Waals surface area contributed by atoms with Crippen molar-refractivity contribution in [3.63, 3.8) is 0 Å². The van der Waals surface area contributed by atoms with Crippen LogP contribution in [0.2, 0.25) is 5.02 Å². The van der Waals surface area contributed by atoms with Gasteiger partial charge in [0.2, 0.25) is 0 Å². The van der Waals surface area contributed by atoms with Crippen LogP contribution in [0.4, 0.5) is 0 Å². The second-order valence-electron chi connectivity index (χ2n) is 5.65. The van der Waals surface area contributed by atoms with Gasteiger partial charge in [0, 0.05) is 16.5 Å². The summed E-state index contributed by atoms with van der Waals surface area (Å²) in [6.07, 6.45) is 0.596. The molecule has 1 saturated heterocycles. The lowest BCUT2D eigenvalue weighted by molar-refractivity contribution is 0.0915. The van der Waals surface area contributed by atoms with Gasteiger partial charge in [-0.2, -0.15) is 0 Å². The standard InChI is InChI=1S/C16H16ClNO4S2/c17-12-1-3-13(4-2-12)23-15-6-5-14(22-15)16(19)18-9-11-7-8-24(20,21)10-11/h1-6,11H,7-10H2,(H,18,19). The molecular formula is C16H16ClNO4S2. The molecule has 1 aromatic heterocycles. The summed E-state index contributed by atoms with van der Waals surface area (Å²) in [5.41, 5.74) is 0. The third-order valence-electron chi connectivity index (χ3n) is 3.72. The first-order chi connectivity index (χ1) is 11.4. The van der Waals surface area contributed by atoms with E-state index in [1.807, 2.05) is 12.1 Å². The number of hydrogen-bond acceptors (Lipinski definition) is 5. The van der Waals surface area contributed by atoms with Gasteiger partial charge in [0.25, 0.3) is 5.91 Å². The van der Waals surface area contributed by atoms with Crippen LogP contribution in [-0.2, 0) is 9.84 Å². The molecule has 0 aliphatic carbocycles. The van der Waals surface area contributed by atoms with E-state index in [1.54, 1.807) is 24.3 Å². The maximum atomic E-state index is 12.1. The summed E-state index contributed by atoms with van der Waals surface area (Å²) < 4.78 is 28.4. The van der Waals surface area contributed by atoms with Crippen molar-refractivity contribution < 1.29 is 17.6 Å². The highest BCUT2D eigenvalue weighted by Crippen LogP contribution is 2.30. The molecule has 1 aromatic carbocycles. The molecule has 1 atom stereocenters. The van der Waals surface area contributed by atoms with E-state index < -0.39 is 9.84 Å². The molecule has 0 bridgehead atoms. The fourth-order valence-electron chi connectivity index (χ4n) is 2.47. The molecule has 1 aliphatic heterocycles. The number of amides is 1. The molecule has 5 nitrogen and oxygen atoms in total. The van der Waals surface area contributed by atoms with Crippen molar-refractivity contribution in [2.24, 2.45) is 5.92 Å². The van der Waals surface area contributed by atoms with Gasteiger partial charge in [-0.3, -0.25) is 4.79 Å². The largest absolute Gasteiger partial charge is 0.444 e. The number of carbonyl (C=O) groups is 1. The number of furan rings is 1. The zero-order valence-corrected chi connectivity index (χ0v) is 15.1. The first-order valence-electron chi connectivity index (χ1n) is 7.43. The summed E-state index contributed by atoms with van der Waals surface area (Å²) in [6, 6.07) is 10.7. The van der Waals surface area contributed by atoms with Crippen LogP contribution in [0.15, 0.2) is 50.8 Å². The smallest absolute Gasteiger partial charge is 0.287 e. The molecule has 24 heavy (non-hydrogen) atoms. The Balaban J connectivity index is 1.54. The van der Waals surface area contributed by atoms with Crippen molar-refractivity contribution in [3.8, 4) is 0 Å². The Labute approximate surface area is 149 Å². The molecule has 1 N–H and O–H groups in total. The summed E-state index contributed by atoms with van der Waals surface area (Å²) in [6.45, 7) is 0.346. The number of hydrogen-bond donors (Lipinski definition) is 1. The summed E-state index contributed by atoms with van der Waals surface area (Å²) >= 11 is 7.24. The van der Waals surface area contributed by atoms with E-state index >= 15 is 0 Å². The van der Waals surface area contributed by atoms with E-state index in [1.165, 1.54) is 11.8 Å². The van der Waals surface area contributed by atoms with E-state index in [9.17, 15) is 13.2 Å². The number of benzene rings is 1. The van der Waals surface area contributed by atoms with E-state index in [2.05, 4.69) is 5.32 Å². The average molecular weight is 386 g/mol. The third kappa shape index (κ3) is 4.55. The molecule has 0 saturated carbocycles. The Hall–Kier alpha value is -1.44. The van der Waals surface area contributed by atoms with Crippen LogP contribution in [0.3, 0.4) is 0 Å². The Morgan fingerprint density at radius 2 is 2.00 bits per heavy atom. The van der Waals surface area contributed by atoms with E-state index in [-0.39, 0.29) is 29.1 Å². The number of rotatable bonds is 5. The molecule has 1 unspecified atom stereocenters. The van der Waals surface area contributed by atoms with Gasteiger partial charge in [-0.25, -0.2) is 8.42 Å². The molecule has 128 valence electrons. The summed E-state index contributed by atoms with van der Waals surface area (Å²) in [4.78, 5) is 13.0. The average Bonchev–Trinajstić information content (AvgIpc) is 3.14. The Bertz CT molecular complexity index is 830. The molecule has 3 rings (SSSR count). The van der Waals surface area contributed by atoms with Crippen molar-refractivity contribution in [2.45, 2.75) is 16.4 Å². The highest BCUT2D eigenvalue weighted by Gasteiger charge is 2.28. The van der Waals surface area contributed by atoms with E-state index in [0.29, 0.717) is 23.1 Å². The lowest BCUT2D eigenvalue weighted by atomic mass is 10.1. The zero-order chi connectivity index (χ0) is 17.2. The molecule has 1 aliphatic rings. The SMILES string of the molecule is O=C(NCC1CCS(=O)(=O)C1)c1ccc(Sc2ccc(Cl)cc2)o1. The van der Waals surface area contributed by atoms with Crippen molar-refractivity contribution in [1.82, 2.24) is 5.32 Å². The normalized spacial score (nSPS) is 19.3. The molecule has 1 fully saturated rings. The monoisotopic (exact) mass is 385 g/mol. The predicted octanol–water partition coefficient (Wildman–Crippen LogP) is 3.25. The Morgan fingerprint density at radius 1 is 1.25 bits per heavy atom. The van der Waals surface area contributed by atoms with Crippen LogP contribution in [0.1, 0.15) is 17.0 Å². The number of halogens is 1. The molecule has 0 radical (unpaired) electrons. The van der Waals surface area contributed by atoms with Gasteiger partial charge in [-0.05, 0) is 48.7 Å². The van der Waals surface area contributed by atoms with E-state index in [4.69, 9.17) is 16.0 Å². The topological polar surface area (TPSA) is 76.4 Å². The molecule has 2 heterocycles. The minimum Gasteiger partial charge on any atom is -0.444 e. The number of nitrogens with one attached hydrogen (secondary N) is 1. The number of carbonyl (C=O) groups excluding carboxylic acids is 1. The second kappa shape index (κ2) is 7.21. The van der Waals surface area contributed by atoms with Crippen LogP contribution >= 0.6 is 23.4 Å². The van der Waals surface area contributed by atoms with Crippen LogP contribution in [0.25, 0.3) is 0 Å². The van der Waals surface area contributed by atoms with Gasteiger partial charge in [-0.15, -0.1) is 0 Å². The fourth-order valence-corrected chi connectivity index (χ4v) is 5.23. The van der Waals surface area contributed by atoms with Gasteiger partial charge in [0.1, 0.15) is 0 Å². The van der Waals surface area contributed by atoms with Gasteiger partial charge < -0.3 is 9.73 Å². The van der Waals surface area contributed by atoms with Crippen LogP contribution in [0.5, 0.6) is 0 Å². The first kappa shape index (κ1) is 17.4. The summed E-state index contributed by atoms with van der Waals surface area (Å²) in [5, 5.41) is 4.00. The van der Waals surface area contributed by atoms with Crippen molar-refractivity contribution >= 4 is 39.1 Å². The maximum Gasteiger partial charge on any atom is 0.287 e. The second-order valence-corrected chi connectivity index (χ2v) is 9.40. The molecule has 1 amide bonds. The highest BCUT2D eigenvalue weighted by molar-refractivity contribution is 7.99. The van der Waals surface area contributed by atoms with Crippen LogP contribution in [-0.4, -0.2) is 32.4 Å².